The number of aliphatic hydroxyl groups excluding tert-OH is 1. The van der Waals surface area contributed by atoms with Crippen molar-refractivity contribution in [1.82, 2.24) is 0 Å². The lowest BCUT2D eigenvalue weighted by molar-refractivity contribution is 0.0589. The molecule has 1 aromatic carbocycles. The maximum atomic E-state index is 12.7. The van der Waals surface area contributed by atoms with Crippen LogP contribution in [0.15, 0.2) is 24.3 Å². The molecule has 0 aliphatic rings. The summed E-state index contributed by atoms with van der Waals surface area (Å²) in [6, 6.07) is 6.31. The number of nitrogens with two attached hydrogens (primary N) is 1. The summed E-state index contributed by atoms with van der Waals surface area (Å²) in [5.74, 6) is -0.245. The third kappa shape index (κ3) is 3.01. The molecule has 0 aliphatic carbocycles. The molecule has 84 valence electrons. The molecule has 3 N–H and O–H groups in total. The molecule has 0 spiro atoms. The van der Waals surface area contributed by atoms with Crippen molar-refractivity contribution in [2.45, 2.75) is 26.4 Å². The summed E-state index contributed by atoms with van der Waals surface area (Å²) in [6.07, 6.45) is 0.175. The van der Waals surface area contributed by atoms with E-state index in [0.29, 0.717) is 13.0 Å². The lowest BCUT2D eigenvalue weighted by atomic mass is 9.79. The van der Waals surface area contributed by atoms with E-state index in [1.54, 1.807) is 19.1 Å². The molecule has 0 aromatic heterocycles. The molecule has 0 unspecified atom stereocenters. The van der Waals surface area contributed by atoms with Crippen LogP contribution in [0.2, 0.25) is 0 Å². The molecular formula is C12H18FNO. The number of hydrogen-bond acceptors (Lipinski definition) is 2. The maximum Gasteiger partial charge on any atom is 0.123 e. The van der Waals surface area contributed by atoms with Crippen LogP contribution < -0.4 is 5.73 Å². The van der Waals surface area contributed by atoms with E-state index in [4.69, 9.17) is 5.73 Å². The average molecular weight is 211 g/mol. The average Bonchev–Trinajstić information content (AvgIpc) is 2.21. The van der Waals surface area contributed by atoms with Crippen LogP contribution in [0.5, 0.6) is 0 Å². The van der Waals surface area contributed by atoms with Crippen LogP contribution in [0.4, 0.5) is 4.39 Å². The van der Waals surface area contributed by atoms with Gasteiger partial charge in [0.1, 0.15) is 5.82 Å². The molecule has 0 bridgehead atoms. The minimum Gasteiger partial charge on any atom is -0.393 e. The van der Waals surface area contributed by atoms with Crippen LogP contribution in [0, 0.1) is 11.2 Å². The van der Waals surface area contributed by atoms with Crippen molar-refractivity contribution in [2.24, 2.45) is 11.1 Å². The Hall–Kier alpha value is -0.930. The summed E-state index contributed by atoms with van der Waals surface area (Å²) in [6.45, 7) is 4.07. The van der Waals surface area contributed by atoms with Crippen molar-refractivity contribution in [2.75, 3.05) is 6.54 Å². The van der Waals surface area contributed by atoms with Crippen molar-refractivity contribution in [1.29, 1.82) is 0 Å². The van der Waals surface area contributed by atoms with Gasteiger partial charge in [-0.2, -0.15) is 0 Å². The fourth-order valence-electron chi connectivity index (χ4n) is 1.46. The third-order valence-corrected chi connectivity index (χ3v) is 3.00. The first-order chi connectivity index (χ1) is 6.98. The Balaban J connectivity index is 2.79. The Morgan fingerprint density at radius 1 is 1.40 bits per heavy atom. The number of halogens is 1. The number of aliphatic hydroxyl groups is 1. The third-order valence-electron chi connectivity index (χ3n) is 3.00. The van der Waals surface area contributed by atoms with Crippen LogP contribution >= 0.6 is 0 Å². The lowest BCUT2D eigenvalue weighted by Crippen LogP contribution is -2.39. The van der Waals surface area contributed by atoms with Gasteiger partial charge in [-0.25, -0.2) is 4.39 Å². The van der Waals surface area contributed by atoms with Gasteiger partial charge in [-0.3, -0.25) is 0 Å². The van der Waals surface area contributed by atoms with Crippen molar-refractivity contribution in [3.63, 3.8) is 0 Å². The Morgan fingerprint density at radius 2 is 1.93 bits per heavy atom. The van der Waals surface area contributed by atoms with Gasteiger partial charge in [-0.15, -0.1) is 0 Å². The summed E-state index contributed by atoms with van der Waals surface area (Å²) < 4.78 is 12.7. The van der Waals surface area contributed by atoms with Gasteiger partial charge >= 0.3 is 0 Å². The van der Waals surface area contributed by atoms with E-state index < -0.39 is 6.10 Å². The second kappa shape index (κ2) is 4.73. The highest BCUT2D eigenvalue weighted by Gasteiger charge is 2.28. The summed E-state index contributed by atoms with van der Waals surface area (Å²) in [5, 5.41) is 9.63. The fraction of sp³-hybridized carbons (Fsp3) is 0.500. The first-order valence-corrected chi connectivity index (χ1v) is 5.10. The number of hydrogen-bond donors (Lipinski definition) is 2. The minimum absolute atomic E-state index is 0.245. The van der Waals surface area contributed by atoms with Gasteiger partial charge in [0.2, 0.25) is 0 Å². The van der Waals surface area contributed by atoms with E-state index in [9.17, 15) is 9.50 Å². The Kier molecular flexibility index (Phi) is 3.83. The summed E-state index contributed by atoms with van der Waals surface area (Å²) in [4.78, 5) is 0. The molecule has 0 heterocycles. The highest BCUT2D eigenvalue weighted by Crippen LogP contribution is 2.25. The summed E-state index contributed by atoms with van der Waals surface area (Å²) >= 11 is 0. The lowest BCUT2D eigenvalue weighted by Gasteiger charge is -2.31. The monoisotopic (exact) mass is 211 g/mol. The molecule has 2 nitrogen and oxygen atoms in total. The maximum absolute atomic E-state index is 12.7. The fourth-order valence-corrected chi connectivity index (χ4v) is 1.46. The van der Waals surface area contributed by atoms with Crippen molar-refractivity contribution >= 4 is 0 Å². The van der Waals surface area contributed by atoms with Crippen molar-refractivity contribution < 1.29 is 9.50 Å². The summed E-state index contributed by atoms with van der Waals surface area (Å²) in [7, 11) is 0. The van der Waals surface area contributed by atoms with E-state index in [0.717, 1.165) is 5.56 Å². The first kappa shape index (κ1) is 12.1. The number of benzene rings is 1. The van der Waals surface area contributed by atoms with Crippen LogP contribution in [0.3, 0.4) is 0 Å². The van der Waals surface area contributed by atoms with E-state index in [-0.39, 0.29) is 11.2 Å². The second-order valence-electron chi connectivity index (χ2n) is 4.34. The van der Waals surface area contributed by atoms with E-state index in [1.165, 1.54) is 12.1 Å². The van der Waals surface area contributed by atoms with Gasteiger partial charge in [0, 0.05) is 12.0 Å². The molecule has 0 saturated carbocycles. The summed E-state index contributed by atoms with van der Waals surface area (Å²) in [5.41, 5.74) is 6.29. The molecule has 0 fully saturated rings. The molecule has 0 aliphatic heterocycles. The van der Waals surface area contributed by atoms with Crippen LogP contribution in [-0.4, -0.2) is 17.8 Å². The standard InChI is InChI=1S/C12H18FNO/c1-9(15)12(2,8-14)7-10-3-5-11(13)6-4-10/h3-6,9,15H,7-8,14H2,1-2H3/t9-,12+/m0/s1. The topological polar surface area (TPSA) is 46.2 Å². The molecular weight excluding hydrogens is 193 g/mol. The molecule has 0 amide bonds. The Bertz CT molecular complexity index is 310. The molecule has 1 aromatic rings. The predicted molar refractivity (Wildman–Crippen MR) is 58.9 cm³/mol. The second-order valence-corrected chi connectivity index (χ2v) is 4.34. The van der Waals surface area contributed by atoms with E-state index in [2.05, 4.69) is 0 Å². The van der Waals surface area contributed by atoms with Gasteiger partial charge in [0.25, 0.3) is 0 Å². The van der Waals surface area contributed by atoms with Crippen LogP contribution in [-0.2, 0) is 6.42 Å². The highest BCUT2D eigenvalue weighted by atomic mass is 19.1. The molecule has 1 rings (SSSR count). The van der Waals surface area contributed by atoms with Crippen LogP contribution in [0.25, 0.3) is 0 Å². The first-order valence-electron chi connectivity index (χ1n) is 5.10. The normalized spacial score (nSPS) is 17.1. The smallest absolute Gasteiger partial charge is 0.123 e. The molecule has 0 saturated heterocycles. The van der Waals surface area contributed by atoms with E-state index in [1.807, 2.05) is 6.92 Å². The van der Waals surface area contributed by atoms with E-state index >= 15 is 0 Å². The van der Waals surface area contributed by atoms with Gasteiger partial charge in [0.15, 0.2) is 0 Å². The highest BCUT2D eigenvalue weighted by molar-refractivity contribution is 5.18. The molecule has 2 atom stereocenters. The van der Waals surface area contributed by atoms with Gasteiger partial charge in [-0.05, 0) is 31.0 Å². The van der Waals surface area contributed by atoms with Gasteiger partial charge in [0.05, 0.1) is 6.10 Å². The zero-order chi connectivity index (χ0) is 11.5. The SMILES string of the molecule is C[C@H](O)[C@@](C)(CN)Cc1ccc(F)cc1. The van der Waals surface area contributed by atoms with Gasteiger partial charge < -0.3 is 10.8 Å². The zero-order valence-corrected chi connectivity index (χ0v) is 9.20. The zero-order valence-electron chi connectivity index (χ0n) is 9.20. The van der Waals surface area contributed by atoms with Crippen molar-refractivity contribution in [3.8, 4) is 0 Å². The molecule has 15 heavy (non-hydrogen) atoms. The van der Waals surface area contributed by atoms with Crippen LogP contribution in [0.1, 0.15) is 19.4 Å². The van der Waals surface area contributed by atoms with Gasteiger partial charge in [-0.1, -0.05) is 19.1 Å². The predicted octanol–water partition coefficient (Wildman–Crippen LogP) is 1.71. The van der Waals surface area contributed by atoms with Crippen molar-refractivity contribution in [3.05, 3.63) is 35.6 Å². The Labute approximate surface area is 89.9 Å². The largest absolute Gasteiger partial charge is 0.393 e. The Morgan fingerprint density at radius 3 is 2.33 bits per heavy atom. The minimum atomic E-state index is -0.479. The quantitative estimate of drug-likeness (QED) is 0.796. The molecule has 0 radical (unpaired) electrons. The molecule has 3 heteroatoms. The number of rotatable bonds is 4.